The van der Waals surface area contributed by atoms with E-state index in [2.05, 4.69) is 25.5 Å². The predicted molar refractivity (Wildman–Crippen MR) is 94.8 cm³/mol. The molecule has 0 saturated heterocycles. The third kappa shape index (κ3) is 5.00. The van der Waals surface area contributed by atoms with Crippen LogP contribution in [0.3, 0.4) is 0 Å². The zero-order valence-electron chi connectivity index (χ0n) is 14.7. The number of nitrogens with zero attached hydrogens (tertiary/aromatic N) is 3. The van der Waals surface area contributed by atoms with Crippen molar-refractivity contribution in [3.63, 3.8) is 0 Å². The molecule has 0 aliphatic carbocycles. The molecule has 0 atom stereocenters. The number of aromatic nitrogens is 3. The maximum Gasteiger partial charge on any atom is 0.573 e. The molecule has 28 heavy (non-hydrogen) atoms. The lowest BCUT2D eigenvalue weighted by Crippen LogP contribution is -2.32. The summed E-state index contributed by atoms with van der Waals surface area (Å²) in [6, 6.07) is 12.4. The van der Waals surface area contributed by atoms with Gasteiger partial charge in [-0.25, -0.2) is 14.5 Å². The number of alkyl halides is 3. The van der Waals surface area contributed by atoms with E-state index in [1.165, 1.54) is 42.3 Å². The Balaban J connectivity index is 1.69. The van der Waals surface area contributed by atoms with Crippen molar-refractivity contribution in [3.05, 3.63) is 60.4 Å². The van der Waals surface area contributed by atoms with Gasteiger partial charge >= 0.3 is 12.4 Å². The molecule has 2 amide bonds. The normalized spacial score (nSPS) is 11.1. The highest BCUT2D eigenvalue weighted by Gasteiger charge is 2.30. The third-order valence-electron chi connectivity index (χ3n) is 3.72. The number of nitrogens with one attached hydrogen (secondary N) is 2. The zero-order chi connectivity index (χ0) is 20.1. The smallest absolute Gasteiger partial charge is 0.406 e. The van der Waals surface area contributed by atoms with Crippen molar-refractivity contribution in [2.75, 3.05) is 7.05 Å². The molecular formula is C18H16F3N5O2. The molecule has 0 spiro atoms. The molecule has 0 radical (unpaired) electrons. The fourth-order valence-corrected chi connectivity index (χ4v) is 2.36. The molecule has 10 heteroatoms. The number of halogens is 3. The van der Waals surface area contributed by atoms with E-state index in [1.54, 1.807) is 0 Å². The largest absolute Gasteiger partial charge is 0.573 e. The summed E-state index contributed by atoms with van der Waals surface area (Å²) < 4.78 is 41.9. The number of amides is 2. The van der Waals surface area contributed by atoms with Crippen LogP contribution in [0.25, 0.3) is 17.1 Å². The number of urea groups is 1. The lowest BCUT2D eigenvalue weighted by atomic mass is 10.1. The molecule has 2 aromatic carbocycles. The van der Waals surface area contributed by atoms with Gasteiger partial charge in [0.25, 0.3) is 0 Å². The highest BCUT2D eigenvalue weighted by Crippen LogP contribution is 2.24. The van der Waals surface area contributed by atoms with E-state index < -0.39 is 6.36 Å². The van der Waals surface area contributed by atoms with Crippen molar-refractivity contribution >= 4 is 6.03 Å². The average Bonchev–Trinajstić information content (AvgIpc) is 3.16. The Hall–Kier alpha value is -3.56. The number of rotatable bonds is 5. The lowest BCUT2D eigenvalue weighted by Gasteiger charge is -2.09. The monoisotopic (exact) mass is 391 g/mol. The van der Waals surface area contributed by atoms with Crippen molar-refractivity contribution in [1.29, 1.82) is 0 Å². The first-order chi connectivity index (χ1) is 13.3. The summed E-state index contributed by atoms with van der Waals surface area (Å²) in [7, 11) is 1.54. The van der Waals surface area contributed by atoms with Crippen LogP contribution < -0.4 is 15.4 Å². The first kappa shape index (κ1) is 19.2. The van der Waals surface area contributed by atoms with Gasteiger partial charge in [0.2, 0.25) is 0 Å². The predicted octanol–water partition coefficient (Wildman–Crippen LogP) is 3.26. The summed E-state index contributed by atoms with van der Waals surface area (Å²) in [5.41, 5.74) is 2.21. The first-order valence-electron chi connectivity index (χ1n) is 8.17. The molecule has 3 aromatic rings. The summed E-state index contributed by atoms with van der Waals surface area (Å²) in [5, 5.41) is 9.49. The Morgan fingerprint density at radius 1 is 1.11 bits per heavy atom. The van der Waals surface area contributed by atoms with Crippen LogP contribution in [0.2, 0.25) is 0 Å². The highest BCUT2D eigenvalue weighted by atomic mass is 19.4. The number of ether oxygens (including phenoxy) is 1. The topological polar surface area (TPSA) is 81.1 Å². The minimum atomic E-state index is -4.73. The van der Waals surface area contributed by atoms with Gasteiger partial charge in [-0.05, 0) is 29.8 Å². The molecule has 3 rings (SSSR count). The zero-order valence-corrected chi connectivity index (χ0v) is 14.7. The van der Waals surface area contributed by atoms with Crippen molar-refractivity contribution < 1.29 is 22.7 Å². The number of carbonyl (C=O) groups is 1. The molecular weight excluding hydrogens is 375 g/mol. The van der Waals surface area contributed by atoms with Crippen LogP contribution in [0.15, 0.2) is 54.9 Å². The molecule has 0 bridgehead atoms. The van der Waals surface area contributed by atoms with E-state index in [-0.39, 0.29) is 11.8 Å². The highest BCUT2D eigenvalue weighted by molar-refractivity contribution is 5.73. The fourth-order valence-electron chi connectivity index (χ4n) is 2.36. The van der Waals surface area contributed by atoms with Crippen LogP contribution in [0, 0.1) is 0 Å². The second kappa shape index (κ2) is 7.99. The fraction of sp³-hybridized carbons (Fsp3) is 0.167. The van der Waals surface area contributed by atoms with E-state index in [0.717, 1.165) is 11.1 Å². The van der Waals surface area contributed by atoms with Crippen LogP contribution in [0.1, 0.15) is 5.56 Å². The van der Waals surface area contributed by atoms with Crippen LogP contribution >= 0.6 is 0 Å². The van der Waals surface area contributed by atoms with Crippen molar-refractivity contribution in [2.45, 2.75) is 12.9 Å². The van der Waals surface area contributed by atoms with Gasteiger partial charge in [-0.1, -0.05) is 24.3 Å². The molecule has 0 unspecified atom stereocenters. The van der Waals surface area contributed by atoms with Gasteiger partial charge in [-0.3, -0.25) is 0 Å². The number of benzene rings is 2. The number of hydrogen-bond acceptors (Lipinski definition) is 4. The molecule has 0 aliphatic rings. The number of hydrogen-bond donors (Lipinski definition) is 2. The van der Waals surface area contributed by atoms with Crippen LogP contribution in [-0.4, -0.2) is 34.2 Å². The van der Waals surface area contributed by atoms with Crippen molar-refractivity contribution in [1.82, 2.24) is 25.4 Å². The molecule has 2 N–H and O–H groups in total. The molecule has 7 nitrogen and oxygen atoms in total. The summed E-state index contributed by atoms with van der Waals surface area (Å²) >= 11 is 0. The van der Waals surface area contributed by atoms with E-state index in [9.17, 15) is 18.0 Å². The van der Waals surface area contributed by atoms with Crippen molar-refractivity contribution in [3.8, 4) is 22.8 Å². The maximum absolute atomic E-state index is 12.2. The minimum absolute atomic E-state index is 0.267. The van der Waals surface area contributed by atoms with Gasteiger partial charge in [0, 0.05) is 19.2 Å². The lowest BCUT2D eigenvalue weighted by molar-refractivity contribution is -0.274. The molecule has 1 aromatic heterocycles. The van der Waals surface area contributed by atoms with Gasteiger partial charge in [0.05, 0.1) is 5.69 Å². The molecule has 1 heterocycles. The minimum Gasteiger partial charge on any atom is -0.406 e. The maximum atomic E-state index is 12.2. The summed E-state index contributed by atoms with van der Waals surface area (Å²) in [6.07, 6.45) is -3.26. The van der Waals surface area contributed by atoms with Crippen LogP contribution in [-0.2, 0) is 6.54 Å². The van der Waals surface area contributed by atoms with Crippen LogP contribution in [0.5, 0.6) is 5.75 Å². The van der Waals surface area contributed by atoms with Gasteiger partial charge in [0.15, 0.2) is 5.82 Å². The van der Waals surface area contributed by atoms with Crippen molar-refractivity contribution in [2.24, 2.45) is 0 Å². The summed E-state index contributed by atoms with van der Waals surface area (Å²) in [4.78, 5) is 15.4. The third-order valence-corrected chi connectivity index (χ3v) is 3.72. The SMILES string of the molecule is CNC(=O)NCc1ccc(-c2ncn(-c3ccc(OC(F)(F)F)cc3)n2)cc1. The standard InChI is InChI=1S/C18H16F3N5O2/c1-22-17(27)23-10-12-2-4-13(5-3-12)16-24-11-26(25-16)14-6-8-15(9-7-14)28-18(19,20)21/h2-9,11H,10H2,1H3,(H2,22,23,27). The number of carbonyl (C=O) groups excluding carboxylic acids is 1. The second-order valence-corrected chi connectivity index (χ2v) is 5.68. The Bertz CT molecular complexity index is 937. The van der Waals surface area contributed by atoms with Gasteiger partial charge in [-0.2, -0.15) is 0 Å². The Kier molecular flexibility index (Phi) is 5.48. The second-order valence-electron chi connectivity index (χ2n) is 5.68. The van der Waals surface area contributed by atoms with Gasteiger partial charge in [-0.15, -0.1) is 18.3 Å². The molecule has 146 valence electrons. The molecule has 0 aliphatic heterocycles. The van der Waals surface area contributed by atoms with E-state index in [4.69, 9.17) is 0 Å². The summed E-state index contributed by atoms with van der Waals surface area (Å²) in [5.74, 6) is 0.152. The van der Waals surface area contributed by atoms with Crippen LogP contribution in [0.4, 0.5) is 18.0 Å². The van der Waals surface area contributed by atoms with Gasteiger partial charge in [0.1, 0.15) is 12.1 Å². The Morgan fingerprint density at radius 3 is 2.39 bits per heavy atom. The summed E-state index contributed by atoms with van der Waals surface area (Å²) in [6.45, 7) is 0.383. The molecule has 0 fully saturated rings. The Morgan fingerprint density at radius 2 is 1.79 bits per heavy atom. The van der Waals surface area contributed by atoms with E-state index in [1.807, 2.05) is 24.3 Å². The Labute approximate surface area is 158 Å². The van der Waals surface area contributed by atoms with E-state index >= 15 is 0 Å². The quantitative estimate of drug-likeness (QED) is 0.700. The first-order valence-corrected chi connectivity index (χ1v) is 8.17. The van der Waals surface area contributed by atoms with Gasteiger partial charge < -0.3 is 15.4 Å². The molecule has 0 saturated carbocycles. The average molecular weight is 391 g/mol. The van der Waals surface area contributed by atoms with E-state index in [0.29, 0.717) is 18.1 Å².